The number of hydrogen-bond donors (Lipinski definition) is 0. The summed E-state index contributed by atoms with van der Waals surface area (Å²) in [5.41, 5.74) is -0.344. The van der Waals surface area contributed by atoms with Gasteiger partial charge in [-0.05, 0) is 87.3 Å². The molecule has 0 spiro atoms. The van der Waals surface area contributed by atoms with Crippen LogP contribution >= 0.6 is 0 Å². The second-order valence-electron chi connectivity index (χ2n) is 15.5. The van der Waals surface area contributed by atoms with Gasteiger partial charge in [0.25, 0.3) is 0 Å². The van der Waals surface area contributed by atoms with Crippen LogP contribution in [0.2, 0.25) is 18.1 Å². The lowest BCUT2D eigenvalue weighted by molar-refractivity contribution is -0.173. The fraction of sp³-hybridized carbons (Fsp3) is 0.875. The fourth-order valence-electron chi connectivity index (χ4n) is 6.51. The van der Waals surface area contributed by atoms with Crippen molar-refractivity contribution in [1.82, 2.24) is 0 Å². The van der Waals surface area contributed by atoms with E-state index in [2.05, 4.69) is 73.7 Å². The van der Waals surface area contributed by atoms with Gasteiger partial charge in [-0.1, -0.05) is 60.6 Å². The molecule has 0 unspecified atom stereocenters. The zero-order chi connectivity index (χ0) is 28.7. The van der Waals surface area contributed by atoms with Crippen molar-refractivity contribution in [2.45, 2.75) is 144 Å². The minimum absolute atomic E-state index is 0.0565. The summed E-state index contributed by atoms with van der Waals surface area (Å²) in [5.74, 6) is 1.30. The largest absolute Gasteiger partial charge is 0.462 e. The molecule has 0 aromatic heterocycles. The molecule has 7 atom stereocenters. The number of cyclic esters (lactones) is 1. The zero-order valence-corrected chi connectivity index (χ0v) is 27.2. The molecule has 218 valence electrons. The SMILES string of the molecule is CCC(C)(C)C(=O)O[C@H]1CC(C)(C)C[C@H]2C=C[C@H](C)[C@H](CC[C@@H]3C[C@@H](O[Si](C)(C)C(C)(C)C)CC(=O)O3)[C@@H]21. The molecular formula is C32H56O5Si. The first-order valence-corrected chi connectivity index (χ1v) is 18.0. The number of rotatable bonds is 8. The highest BCUT2D eigenvalue weighted by molar-refractivity contribution is 6.74. The van der Waals surface area contributed by atoms with Gasteiger partial charge in [0.15, 0.2) is 8.32 Å². The Hall–Kier alpha value is -1.14. The summed E-state index contributed by atoms with van der Waals surface area (Å²) < 4.78 is 18.9. The molecule has 0 N–H and O–H groups in total. The summed E-state index contributed by atoms with van der Waals surface area (Å²) in [4.78, 5) is 25.8. The average molecular weight is 549 g/mol. The third-order valence-corrected chi connectivity index (χ3v) is 14.8. The maximum absolute atomic E-state index is 13.2. The molecule has 2 fully saturated rings. The van der Waals surface area contributed by atoms with E-state index in [9.17, 15) is 9.59 Å². The van der Waals surface area contributed by atoms with Gasteiger partial charge in [0, 0.05) is 12.3 Å². The van der Waals surface area contributed by atoms with Gasteiger partial charge >= 0.3 is 11.9 Å². The lowest BCUT2D eigenvalue weighted by Crippen LogP contribution is -2.49. The Morgan fingerprint density at radius 1 is 1.11 bits per heavy atom. The molecule has 1 saturated heterocycles. The number of esters is 2. The zero-order valence-electron chi connectivity index (χ0n) is 26.2. The van der Waals surface area contributed by atoms with E-state index in [1.807, 2.05) is 13.8 Å². The molecule has 3 rings (SSSR count). The van der Waals surface area contributed by atoms with Crippen LogP contribution in [0, 0.1) is 34.5 Å². The minimum Gasteiger partial charge on any atom is -0.462 e. The first-order chi connectivity index (χ1) is 17.3. The highest BCUT2D eigenvalue weighted by Gasteiger charge is 2.49. The summed E-state index contributed by atoms with van der Waals surface area (Å²) in [5, 5.41) is 0.107. The van der Waals surface area contributed by atoms with Crippen LogP contribution in [0.3, 0.4) is 0 Å². The number of ether oxygens (including phenoxy) is 2. The monoisotopic (exact) mass is 548 g/mol. The van der Waals surface area contributed by atoms with Crippen LogP contribution in [0.1, 0.15) is 107 Å². The Kier molecular flexibility index (Phi) is 9.40. The molecule has 1 heterocycles. The van der Waals surface area contributed by atoms with E-state index in [4.69, 9.17) is 13.9 Å². The first kappa shape index (κ1) is 31.4. The van der Waals surface area contributed by atoms with Gasteiger partial charge in [-0.15, -0.1) is 0 Å². The Labute approximate surface area is 234 Å². The molecule has 0 aromatic carbocycles. The van der Waals surface area contributed by atoms with Gasteiger partial charge in [-0.25, -0.2) is 0 Å². The predicted molar refractivity (Wildman–Crippen MR) is 156 cm³/mol. The van der Waals surface area contributed by atoms with Crippen LogP contribution in [-0.2, 0) is 23.5 Å². The van der Waals surface area contributed by atoms with E-state index in [0.29, 0.717) is 30.1 Å². The number of carbonyl (C=O) groups is 2. The van der Waals surface area contributed by atoms with E-state index in [-0.39, 0.29) is 40.7 Å². The molecule has 0 amide bonds. The minimum atomic E-state index is -1.96. The molecule has 2 aliphatic carbocycles. The summed E-state index contributed by atoms with van der Waals surface area (Å²) in [6, 6.07) is 0. The Morgan fingerprint density at radius 3 is 2.37 bits per heavy atom. The molecule has 0 aromatic rings. The average Bonchev–Trinajstić information content (AvgIpc) is 2.76. The normalized spacial score (nSPS) is 33.9. The summed E-state index contributed by atoms with van der Waals surface area (Å²) in [7, 11) is -1.96. The van der Waals surface area contributed by atoms with Crippen molar-refractivity contribution in [3.8, 4) is 0 Å². The maximum Gasteiger partial charge on any atom is 0.311 e. The predicted octanol–water partition coefficient (Wildman–Crippen LogP) is 8.09. The molecule has 6 heteroatoms. The van der Waals surface area contributed by atoms with Gasteiger partial charge in [-0.3, -0.25) is 9.59 Å². The van der Waals surface area contributed by atoms with E-state index in [1.54, 1.807) is 0 Å². The summed E-state index contributed by atoms with van der Waals surface area (Å²) in [6.45, 7) is 24.2. The first-order valence-electron chi connectivity index (χ1n) is 15.1. The van der Waals surface area contributed by atoms with E-state index in [0.717, 1.165) is 38.5 Å². The molecule has 0 bridgehead atoms. The quantitative estimate of drug-likeness (QED) is 0.174. The lowest BCUT2D eigenvalue weighted by atomic mass is 9.57. The summed E-state index contributed by atoms with van der Waals surface area (Å²) in [6.07, 6.45) is 10.2. The highest BCUT2D eigenvalue weighted by Crippen LogP contribution is 2.52. The van der Waals surface area contributed by atoms with Crippen LogP contribution in [-0.4, -0.2) is 38.6 Å². The third kappa shape index (κ3) is 7.32. The van der Waals surface area contributed by atoms with Gasteiger partial charge in [0.05, 0.1) is 17.9 Å². The van der Waals surface area contributed by atoms with Gasteiger partial charge in [-0.2, -0.15) is 0 Å². The van der Waals surface area contributed by atoms with Gasteiger partial charge in [0.2, 0.25) is 0 Å². The standard InChI is InChI=1S/C32H56O5Si/c1-12-32(8,9)29(34)36-26-20-31(6,7)19-22-14-13-21(2)25(28(22)26)16-15-23-17-24(18-27(33)35-23)37-38(10,11)30(3,4)5/h13-14,21-26,28H,12,15-20H2,1-11H3/t21-,22+,23+,24+,25-,26-,28+/m0/s1. The van der Waals surface area contributed by atoms with Crippen molar-refractivity contribution in [2.24, 2.45) is 34.5 Å². The number of hydrogen-bond acceptors (Lipinski definition) is 5. The molecule has 1 aliphatic heterocycles. The highest BCUT2D eigenvalue weighted by atomic mass is 28.4. The fourth-order valence-corrected chi connectivity index (χ4v) is 7.88. The van der Waals surface area contributed by atoms with Crippen LogP contribution in [0.5, 0.6) is 0 Å². The van der Waals surface area contributed by atoms with E-state index >= 15 is 0 Å². The van der Waals surface area contributed by atoms with Crippen LogP contribution in [0.15, 0.2) is 12.2 Å². The molecular weight excluding hydrogens is 492 g/mol. The Balaban J connectivity index is 1.74. The Morgan fingerprint density at radius 2 is 1.76 bits per heavy atom. The second kappa shape index (κ2) is 11.4. The second-order valence-corrected chi connectivity index (χ2v) is 20.3. The van der Waals surface area contributed by atoms with Crippen molar-refractivity contribution in [2.75, 3.05) is 0 Å². The number of carbonyl (C=O) groups excluding carboxylic acids is 2. The lowest BCUT2D eigenvalue weighted by Gasteiger charge is -2.51. The van der Waals surface area contributed by atoms with Crippen molar-refractivity contribution < 1.29 is 23.5 Å². The molecule has 1 saturated carbocycles. The number of fused-ring (bicyclic) bond motifs is 1. The van der Waals surface area contributed by atoms with Crippen molar-refractivity contribution in [1.29, 1.82) is 0 Å². The van der Waals surface area contributed by atoms with Crippen LogP contribution < -0.4 is 0 Å². The third-order valence-electron chi connectivity index (χ3n) is 10.3. The van der Waals surface area contributed by atoms with E-state index < -0.39 is 13.7 Å². The summed E-state index contributed by atoms with van der Waals surface area (Å²) >= 11 is 0. The number of allylic oxidation sites excluding steroid dienone is 2. The van der Waals surface area contributed by atoms with Gasteiger partial charge < -0.3 is 13.9 Å². The Bertz CT molecular complexity index is 883. The van der Waals surface area contributed by atoms with Crippen molar-refractivity contribution in [3.63, 3.8) is 0 Å². The topological polar surface area (TPSA) is 61.8 Å². The molecule has 3 aliphatic rings. The van der Waals surface area contributed by atoms with Crippen LogP contribution in [0.25, 0.3) is 0 Å². The molecule has 38 heavy (non-hydrogen) atoms. The smallest absolute Gasteiger partial charge is 0.311 e. The van der Waals surface area contributed by atoms with E-state index in [1.165, 1.54) is 0 Å². The van der Waals surface area contributed by atoms with Crippen molar-refractivity contribution in [3.05, 3.63) is 12.2 Å². The van der Waals surface area contributed by atoms with Crippen LogP contribution in [0.4, 0.5) is 0 Å². The van der Waals surface area contributed by atoms with Crippen molar-refractivity contribution >= 4 is 20.3 Å². The molecule has 5 nitrogen and oxygen atoms in total. The molecule has 0 radical (unpaired) electrons. The van der Waals surface area contributed by atoms with Gasteiger partial charge in [0.1, 0.15) is 12.2 Å². The maximum atomic E-state index is 13.2.